The summed E-state index contributed by atoms with van der Waals surface area (Å²) in [5, 5.41) is 3.04. The van der Waals surface area contributed by atoms with Crippen LogP contribution >= 0.6 is 23.2 Å². The molecular weight excluding hydrogens is 533 g/mol. The van der Waals surface area contributed by atoms with Gasteiger partial charge in [0.15, 0.2) is 0 Å². The first-order chi connectivity index (χ1) is 17.6. The number of sulfonamides is 1. The Morgan fingerprint density at radius 1 is 0.946 bits per heavy atom. The van der Waals surface area contributed by atoms with Crippen LogP contribution < -0.4 is 9.62 Å². The van der Waals surface area contributed by atoms with Crippen molar-refractivity contribution in [1.29, 1.82) is 0 Å². The highest BCUT2D eigenvalue weighted by atomic mass is 35.5. The number of rotatable bonds is 10. The molecule has 0 heterocycles. The van der Waals surface area contributed by atoms with Gasteiger partial charge in [-0.05, 0) is 49.2 Å². The summed E-state index contributed by atoms with van der Waals surface area (Å²) in [6.07, 6.45) is 0.339. The summed E-state index contributed by atoms with van der Waals surface area (Å²) in [7, 11) is -2.70. The highest BCUT2D eigenvalue weighted by Gasteiger charge is 2.33. The van der Waals surface area contributed by atoms with Crippen LogP contribution in [0.3, 0.4) is 0 Å². The molecule has 3 rings (SSSR count). The molecule has 0 aliphatic rings. The van der Waals surface area contributed by atoms with E-state index in [4.69, 9.17) is 23.2 Å². The van der Waals surface area contributed by atoms with Gasteiger partial charge in [-0.15, -0.1) is 0 Å². The first kappa shape index (κ1) is 28.5. The average molecular weight is 563 g/mol. The summed E-state index contributed by atoms with van der Waals surface area (Å²) in [6, 6.07) is 19.1. The Morgan fingerprint density at radius 2 is 1.54 bits per heavy atom. The fraction of sp³-hybridized carbons (Fsp3) is 0.259. The number of carbonyl (C=O) groups is 2. The molecule has 0 saturated heterocycles. The van der Waals surface area contributed by atoms with Gasteiger partial charge in [0.25, 0.3) is 10.0 Å². The van der Waals surface area contributed by atoms with Gasteiger partial charge in [-0.3, -0.25) is 13.9 Å². The molecule has 3 aromatic carbocycles. The van der Waals surface area contributed by atoms with Gasteiger partial charge >= 0.3 is 0 Å². The number of benzene rings is 3. The van der Waals surface area contributed by atoms with E-state index in [0.29, 0.717) is 6.42 Å². The zero-order chi connectivity index (χ0) is 27.2. The molecule has 7 nitrogen and oxygen atoms in total. The molecule has 10 heteroatoms. The zero-order valence-electron chi connectivity index (χ0n) is 20.8. The molecule has 1 unspecified atom stereocenters. The van der Waals surface area contributed by atoms with Crippen LogP contribution in [0, 0.1) is 6.92 Å². The van der Waals surface area contributed by atoms with Crippen LogP contribution in [0.1, 0.15) is 24.5 Å². The fourth-order valence-corrected chi connectivity index (χ4v) is 5.83. The monoisotopic (exact) mass is 561 g/mol. The number of amides is 2. The molecule has 0 bridgehead atoms. The van der Waals surface area contributed by atoms with Crippen molar-refractivity contribution in [3.63, 3.8) is 0 Å². The van der Waals surface area contributed by atoms with Crippen molar-refractivity contribution in [3.8, 4) is 0 Å². The summed E-state index contributed by atoms with van der Waals surface area (Å²) in [5.74, 6) is -0.892. The van der Waals surface area contributed by atoms with Crippen molar-refractivity contribution in [2.45, 2.75) is 37.8 Å². The molecule has 0 aliphatic carbocycles. The summed E-state index contributed by atoms with van der Waals surface area (Å²) in [4.78, 5) is 27.9. The van der Waals surface area contributed by atoms with Gasteiger partial charge in [0, 0.05) is 23.6 Å². The number of hydrogen-bond donors (Lipinski definition) is 1. The lowest BCUT2D eigenvalue weighted by Gasteiger charge is -2.33. The molecule has 0 aromatic heterocycles. The SMILES string of the molecule is CCC(C(=O)NC)N(Cc1ccccc1)C(=O)CN(c1cc(Cl)cc(Cl)c1)S(=O)(=O)c1ccc(C)cc1. The molecular formula is C27H29Cl2N3O4S. The highest BCUT2D eigenvalue weighted by molar-refractivity contribution is 7.92. The van der Waals surface area contributed by atoms with E-state index in [1.54, 1.807) is 19.1 Å². The van der Waals surface area contributed by atoms with Crippen LogP contribution in [-0.2, 0) is 26.2 Å². The van der Waals surface area contributed by atoms with E-state index in [-0.39, 0.29) is 33.1 Å². The summed E-state index contributed by atoms with van der Waals surface area (Å²) in [6.45, 7) is 3.20. The van der Waals surface area contributed by atoms with Gasteiger partial charge in [0.05, 0.1) is 10.6 Å². The fourth-order valence-electron chi connectivity index (χ4n) is 3.92. The Hall–Kier alpha value is -3.07. The van der Waals surface area contributed by atoms with E-state index in [9.17, 15) is 18.0 Å². The first-order valence-electron chi connectivity index (χ1n) is 11.7. The van der Waals surface area contributed by atoms with Crippen LogP contribution in [0.25, 0.3) is 0 Å². The zero-order valence-corrected chi connectivity index (χ0v) is 23.1. The molecule has 0 aliphatic heterocycles. The maximum Gasteiger partial charge on any atom is 0.264 e. The van der Waals surface area contributed by atoms with Crippen LogP contribution in [0.2, 0.25) is 10.0 Å². The maximum atomic E-state index is 13.8. The number of hydrogen-bond acceptors (Lipinski definition) is 4. The van der Waals surface area contributed by atoms with E-state index in [1.807, 2.05) is 37.3 Å². The van der Waals surface area contributed by atoms with Crippen LogP contribution in [0.15, 0.2) is 77.7 Å². The Balaban J connectivity index is 2.08. The minimum Gasteiger partial charge on any atom is -0.357 e. The number of halogens is 2. The molecule has 0 spiro atoms. The summed E-state index contributed by atoms with van der Waals surface area (Å²) in [5.41, 5.74) is 1.83. The second-order valence-electron chi connectivity index (χ2n) is 8.50. The average Bonchev–Trinajstić information content (AvgIpc) is 2.87. The van der Waals surface area contributed by atoms with Crippen molar-refractivity contribution >= 4 is 50.7 Å². The number of anilines is 1. The highest BCUT2D eigenvalue weighted by Crippen LogP contribution is 2.30. The topological polar surface area (TPSA) is 86.8 Å². The van der Waals surface area contributed by atoms with E-state index in [1.165, 1.54) is 42.3 Å². The molecule has 2 amide bonds. The molecule has 0 fully saturated rings. The maximum absolute atomic E-state index is 13.8. The van der Waals surface area contributed by atoms with Crippen molar-refractivity contribution in [1.82, 2.24) is 10.2 Å². The number of nitrogens with one attached hydrogen (secondary N) is 1. The lowest BCUT2D eigenvalue weighted by Crippen LogP contribution is -2.51. The van der Waals surface area contributed by atoms with Crippen LogP contribution in [0.4, 0.5) is 5.69 Å². The largest absolute Gasteiger partial charge is 0.357 e. The summed E-state index contributed by atoms with van der Waals surface area (Å²) < 4.78 is 28.6. The molecule has 0 radical (unpaired) electrons. The predicted molar refractivity (Wildman–Crippen MR) is 147 cm³/mol. The number of likely N-dealkylation sites (N-methyl/N-ethyl adjacent to an activating group) is 1. The second-order valence-corrected chi connectivity index (χ2v) is 11.2. The third-order valence-corrected chi connectivity index (χ3v) is 8.08. The van der Waals surface area contributed by atoms with Crippen LogP contribution in [0.5, 0.6) is 0 Å². The molecule has 0 saturated carbocycles. The van der Waals surface area contributed by atoms with Crippen LogP contribution in [-0.4, -0.2) is 44.8 Å². The van der Waals surface area contributed by atoms with E-state index >= 15 is 0 Å². The van der Waals surface area contributed by atoms with Gasteiger partial charge in [-0.1, -0.05) is 78.2 Å². The molecule has 196 valence electrons. The lowest BCUT2D eigenvalue weighted by atomic mass is 10.1. The lowest BCUT2D eigenvalue weighted by molar-refractivity contribution is -0.140. The number of aryl methyl sites for hydroxylation is 1. The Kier molecular flexibility index (Phi) is 9.59. The number of nitrogens with zero attached hydrogens (tertiary/aromatic N) is 2. The van der Waals surface area contributed by atoms with Crippen molar-refractivity contribution < 1.29 is 18.0 Å². The Bertz CT molecular complexity index is 1330. The van der Waals surface area contributed by atoms with E-state index in [0.717, 1.165) is 15.4 Å². The predicted octanol–water partition coefficient (Wildman–Crippen LogP) is 5.05. The molecule has 1 N–H and O–H groups in total. The molecule has 1 atom stereocenters. The summed E-state index contributed by atoms with van der Waals surface area (Å²) >= 11 is 12.4. The third-order valence-electron chi connectivity index (χ3n) is 5.85. The van der Waals surface area contributed by atoms with Gasteiger partial charge < -0.3 is 10.2 Å². The third kappa shape index (κ3) is 7.03. The molecule has 3 aromatic rings. The Labute approximate surface area is 228 Å². The number of carbonyl (C=O) groups excluding carboxylic acids is 2. The normalized spacial score (nSPS) is 12.0. The smallest absolute Gasteiger partial charge is 0.264 e. The van der Waals surface area contributed by atoms with Crippen molar-refractivity contribution in [3.05, 3.63) is 94.0 Å². The first-order valence-corrected chi connectivity index (χ1v) is 13.9. The minimum absolute atomic E-state index is 0.00921. The van der Waals surface area contributed by atoms with Gasteiger partial charge in [0.1, 0.15) is 12.6 Å². The van der Waals surface area contributed by atoms with Gasteiger partial charge in [-0.2, -0.15) is 0 Å². The van der Waals surface area contributed by atoms with Gasteiger partial charge in [0.2, 0.25) is 11.8 Å². The minimum atomic E-state index is -4.20. The van der Waals surface area contributed by atoms with Gasteiger partial charge in [-0.25, -0.2) is 8.42 Å². The Morgan fingerprint density at radius 3 is 2.08 bits per heavy atom. The van der Waals surface area contributed by atoms with E-state index in [2.05, 4.69) is 5.32 Å². The van der Waals surface area contributed by atoms with Crippen molar-refractivity contribution in [2.75, 3.05) is 17.9 Å². The second kappa shape index (κ2) is 12.4. The van der Waals surface area contributed by atoms with Crippen molar-refractivity contribution in [2.24, 2.45) is 0 Å². The standard InChI is InChI=1S/C27H29Cl2N3O4S/c1-4-25(27(34)30-3)31(17-20-8-6-5-7-9-20)26(33)18-32(23-15-21(28)14-22(29)16-23)37(35,36)24-12-10-19(2)11-13-24/h5-16,25H,4,17-18H2,1-3H3,(H,30,34). The van der Waals surface area contributed by atoms with E-state index < -0.39 is 28.5 Å². The molecule has 37 heavy (non-hydrogen) atoms. The quantitative estimate of drug-likeness (QED) is 0.375.